The van der Waals surface area contributed by atoms with E-state index < -0.39 is 0 Å². The number of nitrogens with one attached hydrogen (secondary N) is 1. The highest BCUT2D eigenvalue weighted by Gasteiger charge is 1.95. The Bertz CT molecular complexity index is 159. The zero-order chi connectivity index (χ0) is 9.40. The van der Waals surface area contributed by atoms with Gasteiger partial charge >= 0.3 is 0 Å². The number of hydrogen-bond donors (Lipinski definition) is 2. The molecule has 0 aliphatic rings. The molecule has 0 fully saturated rings. The maximum absolute atomic E-state index is 6.98. The highest BCUT2D eigenvalue weighted by Crippen LogP contribution is 2.04. The van der Waals surface area contributed by atoms with Crippen molar-refractivity contribution in [3.63, 3.8) is 0 Å². The molecule has 0 unspecified atom stereocenters. The number of thiocarbonyl (C=S) groups is 1. The van der Waals surface area contributed by atoms with E-state index in [1.807, 2.05) is 0 Å². The van der Waals surface area contributed by atoms with Crippen LogP contribution in [-0.4, -0.2) is 18.0 Å². The van der Waals surface area contributed by atoms with Gasteiger partial charge in [-0.1, -0.05) is 6.42 Å². The summed E-state index contributed by atoms with van der Waals surface area (Å²) in [7, 11) is 1.60. The Morgan fingerprint density at radius 2 is 1.92 bits per heavy atom. The van der Waals surface area contributed by atoms with Crippen molar-refractivity contribution in [1.29, 1.82) is 5.41 Å². The van der Waals surface area contributed by atoms with Crippen LogP contribution in [0.1, 0.15) is 32.1 Å². The summed E-state index contributed by atoms with van der Waals surface area (Å²) in [6.45, 7) is 0. The SMILES string of the molecule is COC(=S)CCCCCC(=N)N. The van der Waals surface area contributed by atoms with Gasteiger partial charge in [-0.15, -0.1) is 0 Å². The molecular weight excluding hydrogens is 172 g/mol. The van der Waals surface area contributed by atoms with E-state index in [1.165, 1.54) is 0 Å². The third-order valence-electron chi connectivity index (χ3n) is 1.55. The summed E-state index contributed by atoms with van der Waals surface area (Å²) in [6.07, 6.45) is 4.59. The van der Waals surface area contributed by atoms with Crippen molar-refractivity contribution in [2.45, 2.75) is 32.1 Å². The van der Waals surface area contributed by atoms with Crippen LogP contribution < -0.4 is 5.73 Å². The number of rotatable bonds is 6. The summed E-state index contributed by atoms with van der Waals surface area (Å²) in [4.78, 5) is 0. The van der Waals surface area contributed by atoms with Crippen LogP contribution in [0.25, 0.3) is 0 Å². The van der Waals surface area contributed by atoms with Crippen LogP contribution in [0.5, 0.6) is 0 Å². The first-order chi connectivity index (χ1) is 5.66. The molecule has 0 bridgehead atoms. The molecule has 0 spiro atoms. The lowest BCUT2D eigenvalue weighted by Crippen LogP contribution is -2.08. The smallest absolute Gasteiger partial charge is 0.159 e. The molecule has 0 amide bonds. The molecule has 70 valence electrons. The number of methoxy groups -OCH3 is 1. The van der Waals surface area contributed by atoms with E-state index in [4.69, 9.17) is 28.1 Å². The average molecular weight is 188 g/mol. The van der Waals surface area contributed by atoms with Crippen molar-refractivity contribution in [1.82, 2.24) is 0 Å². The molecular formula is C8H16N2OS. The maximum Gasteiger partial charge on any atom is 0.159 e. The van der Waals surface area contributed by atoms with Crippen molar-refractivity contribution in [2.24, 2.45) is 5.73 Å². The topological polar surface area (TPSA) is 59.1 Å². The van der Waals surface area contributed by atoms with Gasteiger partial charge in [0, 0.05) is 12.8 Å². The summed E-state index contributed by atoms with van der Waals surface area (Å²) >= 11 is 4.87. The van der Waals surface area contributed by atoms with Crippen LogP contribution in [0.3, 0.4) is 0 Å². The lowest BCUT2D eigenvalue weighted by atomic mass is 10.1. The minimum Gasteiger partial charge on any atom is -0.490 e. The number of ether oxygens (including phenoxy) is 1. The molecule has 4 heteroatoms. The molecule has 0 aromatic carbocycles. The van der Waals surface area contributed by atoms with E-state index in [2.05, 4.69) is 0 Å². The number of nitrogens with two attached hydrogens (primary N) is 1. The largest absolute Gasteiger partial charge is 0.490 e. The Kier molecular flexibility index (Phi) is 6.66. The van der Waals surface area contributed by atoms with Crippen LogP contribution in [0.4, 0.5) is 0 Å². The van der Waals surface area contributed by atoms with E-state index >= 15 is 0 Å². The summed E-state index contributed by atoms with van der Waals surface area (Å²) in [5.41, 5.74) is 5.19. The maximum atomic E-state index is 6.98. The van der Waals surface area contributed by atoms with E-state index in [0.29, 0.717) is 11.5 Å². The Labute approximate surface area is 78.8 Å². The molecule has 0 aromatic heterocycles. The van der Waals surface area contributed by atoms with E-state index in [1.54, 1.807) is 7.11 Å². The zero-order valence-corrected chi connectivity index (χ0v) is 8.25. The second-order valence-electron chi connectivity index (χ2n) is 2.66. The summed E-state index contributed by atoms with van der Waals surface area (Å²) in [5.74, 6) is 0.268. The van der Waals surface area contributed by atoms with Gasteiger partial charge in [-0.25, -0.2) is 0 Å². The molecule has 0 aromatic rings. The van der Waals surface area contributed by atoms with Gasteiger partial charge in [0.25, 0.3) is 0 Å². The fourth-order valence-corrected chi connectivity index (χ4v) is 1.01. The zero-order valence-electron chi connectivity index (χ0n) is 7.43. The molecule has 0 rings (SSSR count). The second kappa shape index (κ2) is 7.03. The number of unbranched alkanes of at least 4 members (excludes halogenated alkanes) is 2. The van der Waals surface area contributed by atoms with Gasteiger partial charge < -0.3 is 10.5 Å². The quantitative estimate of drug-likeness (QED) is 0.289. The molecule has 0 heterocycles. The molecule has 0 aliphatic carbocycles. The van der Waals surface area contributed by atoms with Crippen molar-refractivity contribution >= 4 is 23.1 Å². The van der Waals surface area contributed by atoms with Crippen molar-refractivity contribution in [3.05, 3.63) is 0 Å². The average Bonchev–Trinajstić information content (AvgIpc) is 2.03. The first kappa shape index (κ1) is 11.4. The molecule has 3 N–H and O–H groups in total. The van der Waals surface area contributed by atoms with Gasteiger partial charge in [0.2, 0.25) is 0 Å². The summed E-state index contributed by atoms with van der Waals surface area (Å²) in [6, 6.07) is 0. The van der Waals surface area contributed by atoms with Crippen LogP contribution in [0.15, 0.2) is 0 Å². The molecule has 0 radical (unpaired) electrons. The van der Waals surface area contributed by atoms with E-state index in [0.717, 1.165) is 25.7 Å². The standard InChI is InChI=1S/C8H16N2OS/c1-11-8(12)6-4-2-3-5-7(9)10/h2-6H2,1H3,(H3,9,10). The molecule has 0 saturated heterocycles. The molecule has 12 heavy (non-hydrogen) atoms. The Morgan fingerprint density at radius 3 is 2.42 bits per heavy atom. The second-order valence-corrected chi connectivity index (χ2v) is 3.12. The number of hydrogen-bond acceptors (Lipinski definition) is 3. The van der Waals surface area contributed by atoms with Crippen LogP contribution in [0, 0.1) is 5.41 Å². The predicted molar refractivity (Wildman–Crippen MR) is 54.6 cm³/mol. The lowest BCUT2D eigenvalue weighted by Gasteiger charge is -2.01. The van der Waals surface area contributed by atoms with Crippen molar-refractivity contribution < 1.29 is 4.74 Å². The van der Waals surface area contributed by atoms with Crippen molar-refractivity contribution in [2.75, 3.05) is 7.11 Å². The normalized spacial score (nSPS) is 9.42. The molecule has 3 nitrogen and oxygen atoms in total. The van der Waals surface area contributed by atoms with Crippen molar-refractivity contribution in [3.8, 4) is 0 Å². The fourth-order valence-electron chi connectivity index (χ4n) is 0.864. The fraction of sp³-hybridized carbons (Fsp3) is 0.750. The minimum absolute atomic E-state index is 0.268. The Hall–Kier alpha value is -0.640. The molecule has 0 aliphatic heterocycles. The first-order valence-corrected chi connectivity index (χ1v) is 4.47. The third-order valence-corrected chi connectivity index (χ3v) is 1.93. The Morgan fingerprint density at radius 1 is 1.33 bits per heavy atom. The Balaban J connectivity index is 3.11. The van der Waals surface area contributed by atoms with Gasteiger partial charge in [-0.3, -0.25) is 5.41 Å². The van der Waals surface area contributed by atoms with Gasteiger partial charge in [0.15, 0.2) is 5.05 Å². The summed E-state index contributed by atoms with van der Waals surface area (Å²) < 4.78 is 4.84. The van der Waals surface area contributed by atoms with Crippen LogP contribution >= 0.6 is 12.2 Å². The van der Waals surface area contributed by atoms with Gasteiger partial charge in [-0.05, 0) is 25.1 Å². The van der Waals surface area contributed by atoms with Gasteiger partial charge in [0.1, 0.15) is 0 Å². The minimum atomic E-state index is 0.268. The van der Waals surface area contributed by atoms with E-state index in [9.17, 15) is 0 Å². The lowest BCUT2D eigenvalue weighted by molar-refractivity contribution is 0.399. The highest BCUT2D eigenvalue weighted by molar-refractivity contribution is 7.80. The van der Waals surface area contributed by atoms with Gasteiger partial charge in [0.05, 0.1) is 12.9 Å². The third kappa shape index (κ3) is 7.47. The first-order valence-electron chi connectivity index (χ1n) is 4.06. The summed E-state index contributed by atoms with van der Waals surface area (Å²) in [5, 5.41) is 7.64. The number of amidine groups is 1. The predicted octanol–water partition coefficient (Wildman–Crippen LogP) is 1.85. The highest BCUT2D eigenvalue weighted by atomic mass is 32.1. The van der Waals surface area contributed by atoms with Crippen LogP contribution in [0.2, 0.25) is 0 Å². The van der Waals surface area contributed by atoms with E-state index in [-0.39, 0.29) is 5.84 Å². The van der Waals surface area contributed by atoms with Crippen LogP contribution in [-0.2, 0) is 4.74 Å². The molecule has 0 saturated carbocycles. The van der Waals surface area contributed by atoms with Gasteiger partial charge in [-0.2, -0.15) is 0 Å². The monoisotopic (exact) mass is 188 g/mol. The molecule has 0 atom stereocenters.